The SMILES string of the molecule is C=CCNC(=O)c1sc(NCCCOC)c(C#N)c1N. The molecule has 4 N–H and O–H groups in total. The van der Waals surface area contributed by atoms with E-state index in [1.165, 1.54) is 11.3 Å². The van der Waals surface area contributed by atoms with Crippen molar-refractivity contribution in [3.05, 3.63) is 23.1 Å². The molecule has 0 radical (unpaired) electrons. The van der Waals surface area contributed by atoms with Gasteiger partial charge in [-0.25, -0.2) is 0 Å². The Morgan fingerprint density at radius 2 is 2.40 bits per heavy atom. The smallest absolute Gasteiger partial charge is 0.263 e. The van der Waals surface area contributed by atoms with Gasteiger partial charge in [-0.3, -0.25) is 4.79 Å². The molecule has 6 nitrogen and oxygen atoms in total. The number of nitrogens with zero attached hydrogens (tertiary/aromatic N) is 1. The van der Waals surface area contributed by atoms with Gasteiger partial charge in [-0.05, 0) is 6.42 Å². The molecule has 1 aromatic rings. The summed E-state index contributed by atoms with van der Waals surface area (Å²) in [7, 11) is 1.63. The van der Waals surface area contributed by atoms with Gasteiger partial charge >= 0.3 is 0 Å². The number of anilines is 2. The number of nitriles is 1. The van der Waals surface area contributed by atoms with Crippen LogP contribution in [0.3, 0.4) is 0 Å². The van der Waals surface area contributed by atoms with Crippen molar-refractivity contribution in [1.29, 1.82) is 5.26 Å². The van der Waals surface area contributed by atoms with E-state index < -0.39 is 0 Å². The lowest BCUT2D eigenvalue weighted by atomic mass is 10.2. The number of carbonyl (C=O) groups is 1. The predicted octanol–water partition coefficient (Wildman–Crippen LogP) is 1.57. The summed E-state index contributed by atoms with van der Waals surface area (Å²) in [5.74, 6) is -0.297. The minimum atomic E-state index is -0.297. The molecule has 1 rings (SSSR count). The molecule has 0 aliphatic rings. The van der Waals surface area contributed by atoms with E-state index >= 15 is 0 Å². The van der Waals surface area contributed by atoms with E-state index in [9.17, 15) is 4.79 Å². The Hall–Kier alpha value is -2.04. The molecule has 20 heavy (non-hydrogen) atoms. The molecule has 1 heterocycles. The summed E-state index contributed by atoms with van der Waals surface area (Å²) < 4.78 is 4.95. The second-order valence-corrected chi connectivity index (χ2v) is 4.95. The van der Waals surface area contributed by atoms with Crippen LogP contribution in [0.4, 0.5) is 10.7 Å². The zero-order valence-electron chi connectivity index (χ0n) is 11.4. The molecule has 0 saturated heterocycles. The summed E-state index contributed by atoms with van der Waals surface area (Å²) in [5, 5.41) is 15.5. The Balaban J connectivity index is 2.83. The van der Waals surface area contributed by atoms with Crippen LogP contribution in [0.1, 0.15) is 21.7 Å². The van der Waals surface area contributed by atoms with Crippen molar-refractivity contribution in [2.75, 3.05) is 37.9 Å². The number of amides is 1. The molecule has 0 atom stereocenters. The van der Waals surface area contributed by atoms with E-state index in [1.807, 2.05) is 6.07 Å². The Kier molecular flexibility index (Phi) is 6.56. The lowest BCUT2D eigenvalue weighted by Crippen LogP contribution is -2.23. The van der Waals surface area contributed by atoms with Crippen molar-refractivity contribution >= 4 is 27.9 Å². The molecule has 108 valence electrons. The summed E-state index contributed by atoms with van der Waals surface area (Å²) >= 11 is 1.18. The number of hydrogen-bond acceptors (Lipinski definition) is 6. The van der Waals surface area contributed by atoms with Gasteiger partial charge in [0.2, 0.25) is 0 Å². The molecule has 0 aliphatic heterocycles. The summed E-state index contributed by atoms with van der Waals surface area (Å²) in [4.78, 5) is 12.2. The standard InChI is InChI=1S/C13H18N4O2S/c1-3-5-16-12(18)11-10(15)9(8-14)13(20-11)17-6-4-7-19-2/h3,17H,1,4-7,15H2,2H3,(H,16,18). The monoisotopic (exact) mass is 294 g/mol. The first-order valence-corrected chi connectivity index (χ1v) is 6.91. The summed E-state index contributed by atoms with van der Waals surface area (Å²) in [6, 6.07) is 2.03. The predicted molar refractivity (Wildman–Crippen MR) is 81.0 cm³/mol. The highest BCUT2D eigenvalue weighted by atomic mass is 32.1. The third-order valence-corrected chi connectivity index (χ3v) is 3.64. The first kappa shape index (κ1) is 16.0. The van der Waals surface area contributed by atoms with Gasteiger partial charge in [0.05, 0.1) is 5.69 Å². The molecule has 1 aromatic heterocycles. The average molecular weight is 294 g/mol. The van der Waals surface area contributed by atoms with Gasteiger partial charge < -0.3 is 21.1 Å². The highest BCUT2D eigenvalue weighted by molar-refractivity contribution is 7.18. The van der Waals surface area contributed by atoms with E-state index in [1.54, 1.807) is 13.2 Å². The van der Waals surface area contributed by atoms with Crippen molar-refractivity contribution < 1.29 is 9.53 Å². The van der Waals surface area contributed by atoms with E-state index in [4.69, 9.17) is 15.7 Å². The van der Waals surface area contributed by atoms with Crippen LogP contribution in [0.5, 0.6) is 0 Å². The largest absolute Gasteiger partial charge is 0.396 e. The number of nitrogens with one attached hydrogen (secondary N) is 2. The van der Waals surface area contributed by atoms with E-state index in [2.05, 4.69) is 17.2 Å². The fourth-order valence-electron chi connectivity index (χ4n) is 1.51. The maximum Gasteiger partial charge on any atom is 0.263 e. The molecule has 0 aromatic carbocycles. The molecular formula is C13H18N4O2S. The first-order valence-electron chi connectivity index (χ1n) is 6.10. The van der Waals surface area contributed by atoms with Crippen molar-refractivity contribution in [1.82, 2.24) is 5.32 Å². The van der Waals surface area contributed by atoms with Gasteiger partial charge in [-0.2, -0.15) is 5.26 Å². The number of thiophene rings is 1. The van der Waals surface area contributed by atoms with Crippen LogP contribution in [0, 0.1) is 11.3 Å². The number of hydrogen-bond donors (Lipinski definition) is 3. The number of carbonyl (C=O) groups excluding carboxylic acids is 1. The van der Waals surface area contributed by atoms with E-state index in [-0.39, 0.29) is 11.6 Å². The molecule has 0 unspecified atom stereocenters. The van der Waals surface area contributed by atoms with E-state index in [0.29, 0.717) is 35.1 Å². The minimum absolute atomic E-state index is 0.216. The van der Waals surface area contributed by atoms with Crippen molar-refractivity contribution in [3.63, 3.8) is 0 Å². The second kappa shape index (κ2) is 8.19. The lowest BCUT2D eigenvalue weighted by Gasteiger charge is -2.03. The molecule has 0 fully saturated rings. The van der Waals surface area contributed by atoms with E-state index in [0.717, 1.165) is 6.42 Å². The van der Waals surface area contributed by atoms with Crippen LogP contribution in [0.25, 0.3) is 0 Å². The lowest BCUT2D eigenvalue weighted by molar-refractivity contribution is 0.0963. The Morgan fingerprint density at radius 3 is 3.00 bits per heavy atom. The number of ether oxygens (including phenoxy) is 1. The summed E-state index contributed by atoms with van der Waals surface area (Å²) in [6.07, 6.45) is 2.38. The van der Waals surface area contributed by atoms with Gasteiger partial charge in [0.25, 0.3) is 5.91 Å². The van der Waals surface area contributed by atoms with Crippen molar-refractivity contribution in [2.24, 2.45) is 0 Å². The maximum atomic E-state index is 11.9. The number of methoxy groups -OCH3 is 1. The minimum Gasteiger partial charge on any atom is -0.396 e. The van der Waals surface area contributed by atoms with Crippen LogP contribution in [0.2, 0.25) is 0 Å². The van der Waals surface area contributed by atoms with Gasteiger partial charge in [0, 0.05) is 26.8 Å². The van der Waals surface area contributed by atoms with Crippen molar-refractivity contribution in [2.45, 2.75) is 6.42 Å². The molecule has 0 spiro atoms. The zero-order chi connectivity index (χ0) is 15.0. The number of nitrogens with two attached hydrogens (primary N) is 1. The first-order chi connectivity index (χ1) is 9.65. The molecule has 0 aliphatic carbocycles. The zero-order valence-corrected chi connectivity index (χ0v) is 12.2. The fraction of sp³-hybridized carbons (Fsp3) is 0.385. The Morgan fingerprint density at radius 1 is 1.65 bits per heavy atom. The van der Waals surface area contributed by atoms with Gasteiger partial charge in [0.1, 0.15) is 21.5 Å². The maximum absolute atomic E-state index is 11.9. The van der Waals surface area contributed by atoms with Crippen LogP contribution in [-0.4, -0.2) is 32.7 Å². The summed E-state index contributed by atoms with van der Waals surface area (Å²) in [6.45, 7) is 5.16. The van der Waals surface area contributed by atoms with Crippen LogP contribution >= 0.6 is 11.3 Å². The fourth-order valence-corrected chi connectivity index (χ4v) is 2.52. The quantitative estimate of drug-likeness (QED) is 0.499. The van der Waals surface area contributed by atoms with Gasteiger partial charge in [0.15, 0.2) is 0 Å². The van der Waals surface area contributed by atoms with Crippen LogP contribution < -0.4 is 16.4 Å². The van der Waals surface area contributed by atoms with Gasteiger partial charge in [-0.1, -0.05) is 6.08 Å². The average Bonchev–Trinajstić information content (AvgIpc) is 2.77. The molecule has 1 amide bonds. The Bertz CT molecular complexity index is 519. The highest BCUT2D eigenvalue weighted by Crippen LogP contribution is 2.35. The third kappa shape index (κ3) is 3.98. The Labute approximate surface area is 122 Å². The van der Waals surface area contributed by atoms with Crippen LogP contribution in [0.15, 0.2) is 12.7 Å². The topological polar surface area (TPSA) is 100 Å². The molecular weight excluding hydrogens is 276 g/mol. The molecule has 0 bridgehead atoms. The third-order valence-electron chi connectivity index (χ3n) is 2.48. The van der Waals surface area contributed by atoms with Crippen molar-refractivity contribution in [3.8, 4) is 6.07 Å². The van der Waals surface area contributed by atoms with Crippen LogP contribution in [-0.2, 0) is 4.74 Å². The second-order valence-electron chi connectivity index (χ2n) is 3.93. The summed E-state index contributed by atoms with van der Waals surface area (Å²) in [5.41, 5.74) is 6.39. The highest BCUT2D eigenvalue weighted by Gasteiger charge is 2.20. The normalized spacial score (nSPS) is 9.80. The van der Waals surface area contributed by atoms with Gasteiger partial charge in [-0.15, -0.1) is 17.9 Å². The number of rotatable bonds is 8. The molecule has 0 saturated carbocycles. The molecule has 7 heteroatoms. The number of nitrogen functional groups attached to an aromatic ring is 1.